The molecule has 102 valence electrons. The number of aromatic nitrogens is 1. The fourth-order valence-electron chi connectivity index (χ4n) is 1.67. The summed E-state index contributed by atoms with van der Waals surface area (Å²) >= 11 is 0. The highest BCUT2D eigenvalue weighted by Crippen LogP contribution is 2.23. The summed E-state index contributed by atoms with van der Waals surface area (Å²) in [4.78, 5) is 4.18. The van der Waals surface area contributed by atoms with E-state index >= 15 is 0 Å². The first-order valence-corrected chi connectivity index (χ1v) is 5.59. The molecule has 0 unspecified atom stereocenters. The number of hydrogen-bond acceptors (Lipinski definition) is 4. The number of aliphatic hydroxyl groups is 1. The lowest BCUT2D eigenvalue weighted by atomic mass is 10.1. The van der Waals surface area contributed by atoms with E-state index in [4.69, 9.17) is 9.84 Å². The van der Waals surface area contributed by atoms with Crippen LogP contribution in [0.1, 0.15) is 16.8 Å². The van der Waals surface area contributed by atoms with Crippen molar-refractivity contribution >= 4 is 0 Å². The third-order valence-electron chi connectivity index (χ3n) is 2.66. The van der Waals surface area contributed by atoms with Crippen LogP contribution in [0.3, 0.4) is 0 Å². The molecular formula is C12H18F2N2O2. The topological polar surface area (TPSA) is 54.4 Å². The highest BCUT2D eigenvalue weighted by molar-refractivity contribution is 5.40. The maximum Gasteiger partial charge on any atom is 0.282 e. The van der Waals surface area contributed by atoms with Gasteiger partial charge < -0.3 is 15.2 Å². The maximum absolute atomic E-state index is 12.8. The fraction of sp³-hybridized carbons (Fsp3) is 0.583. The van der Waals surface area contributed by atoms with Gasteiger partial charge in [0.25, 0.3) is 5.92 Å². The zero-order valence-electron chi connectivity index (χ0n) is 10.8. The van der Waals surface area contributed by atoms with E-state index in [0.717, 1.165) is 16.9 Å². The first-order valence-electron chi connectivity index (χ1n) is 5.59. The molecule has 0 aromatic carbocycles. The van der Waals surface area contributed by atoms with Gasteiger partial charge in [-0.15, -0.1) is 0 Å². The van der Waals surface area contributed by atoms with Crippen LogP contribution in [-0.2, 0) is 6.54 Å². The third-order valence-corrected chi connectivity index (χ3v) is 2.66. The highest BCUT2D eigenvalue weighted by Gasteiger charge is 2.26. The van der Waals surface area contributed by atoms with E-state index in [1.54, 1.807) is 13.3 Å². The molecule has 1 rings (SSSR count). The minimum Gasteiger partial charge on any atom is -0.496 e. The Morgan fingerprint density at radius 2 is 2.11 bits per heavy atom. The molecule has 1 aromatic heterocycles. The van der Waals surface area contributed by atoms with Crippen LogP contribution in [0.25, 0.3) is 0 Å². The Hall–Kier alpha value is -1.27. The van der Waals surface area contributed by atoms with Crippen LogP contribution in [0.2, 0.25) is 0 Å². The van der Waals surface area contributed by atoms with Crippen molar-refractivity contribution in [1.82, 2.24) is 10.3 Å². The van der Waals surface area contributed by atoms with E-state index < -0.39 is 19.1 Å². The quantitative estimate of drug-likeness (QED) is 0.812. The molecule has 6 heteroatoms. The van der Waals surface area contributed by atoms with Gasteiger partial charge in [0.05, 0.1) is 19.3 Å². The summed E-state index contributed by atoms with van der Waals surface area (Å²) in [5, 5.41) is 11.0. The van der Waals surface area contributed by atoms with E-state index in [9.17, 15) is 8.78 Å². The molecule has 1 heterocycles. The van der Waals surface area contributed by atoms with Gasteiger partial charge in [-0.25, -0.2) is 8.78 Å². The van der Waals surface area contributed by atoms with Gasteiger partial charge >= 0.3 is 0 Å². The minimum absolute atomic E-state index is 0.206. The maximum atomic E-state index is 12.8. The number of halogens is 2. The molecule has 0 aliphatic heterocycles. The van der Waals surface area contributed by atoms with Gasteiger partial charge in [0.1, 0.15) is 12.4 Å². The molecule has 0 saturated heterocycles. The molecule has 4 nitrogen and oxygen atoms in total. The van der Waals surface area contributed by atoms with Crippen molar-refractivity contribution in [2.75, 3.05) is 20.3 Å². The van der Waals surface area contributed by atoms with Gasteiger partial charge in [-0.05, 0) is 13.8 Å². The SMILES string of the molecule is COc1c(C)cnc(CNCC(F)(F)CO)c1C. The largest absolute Gasteiger partial charge is 0.496 e. The summed E-state index contributed by atoms with van der Waals surface area (Å²) in [7, 11) is 1.56. The predicted octanol–water partition coefficient (Wildman–Crippen LogP) is 1.42. The number of rotatable bonds is 6. The fourth-order valence-corrected chi connectivity index (χ4v) is 1.67. The van der Waals surface area contributed by atoms with Gasteiger partial charge in [0.15, 0.2) is 0 Å². The Balaban J connectivity index is 2.69. The van der Waals surface area contributed by atoms with Crippen molar-refractivity contribution in [1.29, 1.82) is 0 Å². The molecule has 0 bridgehead atoms. The van der Waals surface area contributed by atoms with Crippen LogP contribution in [0, 0.1) is 13.8 Å². The molecular weight excluding hydrogens is 242 g/mol. The summed E-state index contributed by atoms with van der Waals surface area (Å²) in [6.45, 7) is 2.17. The average Bonchev–Trinajstić information content (AvgIpc) is 2.33. The number of methoxy groups -OCH3 is 1. The minimum atomic E-state index is -3.11. The Kier molecular flexibility index (Phi) is 4.98. The summed E-state index contributed by atoms with van der Waals surface area (Å²) in [6.07, 6.45) is 1.65. The lowest BCUT2D eigenvalue weighted by Gasteiger charge is -2.16. The summed E-state index contributed by atoms with van der Waals surface area (Å²) in [6, 6.07) is 0. The second kappa shape index (κ2) is 6.06. The Bertz CT molecular complexity index is 411. The third kappa shape index (κ3) is 3.61. The van der Waals surface area contributed by atoms with Crippen molar-refractivity contribution in [3.8, 4) is 5.75 Å². The Morgan fingerprint density at radius 3 is 2.67 bits per heavy atom. The van der Waals surface area contributed by atoms with Gasteiger partial charge in [-0.1, -0.05) is 0 Å². The molecule has 0 fully saturated rings. The van der Waals surface area contributed by atoms with Crippen LogP contribution < -0.4 is 10.1 Å². The summed E-state index contributed by atoms with van der Waals surface area (Å²) < 4.78 is 30.8. The van der Waals surface area contributed by atoms with E-state index in [2.05, 4.69) is 10.3 Å². The molecule has 0 amide bonds. The van der Waals surface area contributed by atoms with Crippen molar-refractivity contribution < 1.29 is 18.6 Å². The molecule has 0 aliphatic rings. The van der Waals surface area contributed by atoms with Crippen molar-refractivity contribution in [2.45, 2.75) is 26.3 Å². The predicted molar refractivity (Wildman–Crippen MR) is 64.0 cm³/mol. The monoisotopic (exact) mass is 260 g/mol. The van der Waals surface area contributed by atoms with Gasteiger partial charge in [0.2, 0.25) is 0 Å². The Morgan fingerprint density at radius 1 is 1.44 bits per heavy atom. The van der Waals surface area contributed by atoms with Crippen molar-refractivity contribution in [3.05, 3.63) is 23.0 Å². The molecule has 0 aliphatic carbocycles. The molecule has 1 aromatic rings. The van der Waals surface area contributed by atoms with E-state index in [1.807, 2.05) is 13.8 Å². The summed E-state index contributed by atoms with van der Waals surface area (Å²) in [5.41, 5.74) is 2.39. The van der Waals surface area contributed by atoms with Crippen LogP contribution >= 0.6 is 0 Å². The lowest BCUT2D eigenvalue weighted by molar-refractivity contribution is -0.0478. The number of aliphatic hydroxyl groups excluding tert-OH is 1. The van der Waals surface area contributed by atoms with Crippen LogP contribution in [-0.4, -0.2) is 36.3 Å². The average molecular weight is 260 g/mol. The van der Waals surface area contributed by atoms with Crippen LogP contribution in [0.5, 0.6) is 5.75 Å². The lowest BCUT2D eigenvalue weighted by Crippen LogP contribution is -2.35. The smallest absolute Gasteiger partial charge is 0.282 e. The van der Waals surface area contributed by atoms with Crippen molar-refractivity contribution in [2.24, 2.45) is 0 Å². The zero-order chi connectivity index (χ0) is 13.8. The molecule has 18 heavy (non-hydrogen) atoms. The van der Waals surface area contributed by atoms with Crippen LogP contribution in [0.4, 0.5) is 8.78 Å². The van der Waals surface area contributed by atoms with E-state index in [0.29, 0.717) is 5.69 Å². The second-order valence-corrected chi connectivity index (χ2v) is 4.16. The first kappa shape index (κ1) is 14.8. The molecule has 0 saturated carbocycles. The van der Waals surface area contributed by atoms with Gasteiger partial charge in [0, 0.05) is 23.9 Å². The number of nitrogens with one attached hydrogen (secondary N) is 1. The Labute approximate surface area is 105 Å². The molecule has 0 atom stereocenters. The highest BCUT2D eigenvalue weighted by atomic mass is 19.3. The van der Waals surface area contributed by atoms with Crippen LogP contribution in [0.15, 0.2) is 6.20 Å². The van der Waals surface area contributed by atoms with E-state index in [-0.39, 0.29) is 6.54 Å². The molecule has 0 spiro atoms. The normalized spacial score (nSPS) is 11.7. The molecule has 0 radical (unpaired) electrons. The number of nitrogens with zero attached hydrogens (tertiary/aromatic N) is 1. The van der Waals surface area contributed by atoms with Gasteiger partial charge in [-0.3, -0.25) is 4.98 Å². The number of aryl methyl sites for hydroxylation is 1. The van der Waals surface area contributed by atoms with Crippen molar-refractivity contribution in [3.63, 3.8) is 0 Å². The van der Waals surface area contributed by atoms with E-state index in [1.165, 1.54) is 0 Å². The number of hydrogen-bond donors (Lipinski definition) is 2. The summed E-state index contributed by atoms with van der Waals surface area (Å²) in [5.74, 6) is -2.39. The number of alkyl halides is 2. The number of ether oxygens (including phenoxy) is 1. The molecule has 2 N–H and O–H groups in total. The first-order chi connectivity index (χ1) is 8.41. The number of pyridine rings is 1. The zero-order valence-corrected chi connectivity index (χ0v) is 10.8. The standard InChI is InChI=1S/C12H18F2N2O2/c1-8-4-16-10(9(2)11(8)18-3)5-15-6-12(13,14)7-17/h4,15,17H,5-7H2,1-3H3. The van der Waals surface area contributed by atoms with Gasteiger partial charge in [-0.2, -0.15) is 0 Å². The second-order valence-electron chi connectivity index (χ2n) is 4.16.